The number of hydrogen-bond donors (Lipinski definition) is 1. The van der Waals surface area contributed by atoms with E-state index in [0.29, 0.717) is 27.2 Å². The van der Waals surface area contributed by atoms with E-state index in [-0.39, 0.29) is 10.8 Å². The Balaban J connectivity index is 1.94. The van der Waals surface area contributed by atoms with Crippen molar-refractivity contribution in [2.45, 2.75) is 75.4 Å². The maximum atomic E-state index is 10.8. The topological polar surface area (TPSA) is 20.2 Å². The molecular weight excluding hydrogens is 949 g/mol. The van der Waals surface area contributed by atoms with Gasteiger partial charge in [0, 0.05) is 13.2 Å². The highest BCUT2D eigenvalue weighted by atomic mass is 127. The molecule has 0 aromatic heterocycles. The average Bonchev–Trinajstić information content (AvgIpc) is 2.76. The number of rotatable bonds is 5. The van der Waals surface area contributed by atoms with Gasteiger partial charge in [0.05, 0.1) is 4.47 Å². The normalized spacial score (nSPS) is 34.7. The fraction of sp³-hybridized carbons (Fsp3) is 0.615. The van der Waals surface area contributed by atoms with E-state index in [1.807, 2.05) is 6.07 Å². The Morgan fingerprint density at radius 1 is 1.00 bits per heavy atom. The molecule has 0 amide bonds. The molecule has 2 saturated carbocycles. The van der Waals surface area contributed by atoms with E-state index in [0.717, 1.165) is 26.4 Å². The van der Waals surface area contributed by atoms with E-state index in [4.69, 9.17) is 0 Å². The zero-order valence-electron chi connectivity index (χ0n) is 19.3. The van der Waals surface area contributed by atoms with Gasteiger partial charge in [-0.05, 0) is 132 Å². The zero-order chi connectivity index (χ0) is 24.6. The molecule has 0 heterocycles. The van der Waals surface area contributed by atoms with Crippen molar-refractivity contribution in [3.63, 3.8) is 0 Å². The first kappa shape index (κ1) is 29.7. The molecule has 0 bridgehead atoms. The second-order valence-electron chi connectivity index (χ2n) is 10.5. The third-order valence-electron chi connectivity index (χ3n) is 8.27. The summed E-state index contributed by atoms with van der Waals surface area (Å²) in [6.07, 6.45) is 7.98. The number of aromatic hydroxyl groups is 1. The fourth-order valence-electron chi connectivity index (χ4n) is 5.94. The van der Waals surface area contributed by atoms with E-state index in [1.165, 1.54) is 37.7 Å². The van der Waals surface area contributed by atoms with Gasteiger partial charge in [0.15, 0.2) is 0 Å². The molecule has 1 nitrogen and oxygen atoms in total. The Hall–Kier alpha value is 2.13. The minimum absolute atomic E-state index is 0.126. The van der Waals surface area contributed by atoms with Crippen LogP contribution in [0.5, 0.6) is 5.75 Å². The van der Waals surface area contributed by atoms with Crippen molar-refractivity contribution >= 4 is 116 Å². The van der Waals surface area contributed by atoms with Crippen LogP contribution in [0, 0.1) is 26.2 Å². The van der Waals surface area contributed by atoms with Gasteiger partial charge < -0.3 is 5.11 Å². The highest BCUT2D eigenvalue weighted by Crippen LogP contribution is 2.56. The Morgan fingerprint density at radius 2 is 1.58 bits per heavy atom. The minimum atomic E-state index is 0.126. The average molecular weight is 981 g/mol. The van der Waals surface area contributed by atoms with Crippen LogP contribution in [0.1, 0.15) is 64.9 Å². The minimum Gasteiger partial charge on any atom is -0.506 e. The molecule has 0 saturated heterocycles. The standard InChI is InChI=1S/C26H32Br3I3O/c1-25(2)19(15(13-30)4-6-22(25)28)8-9-26(3)20(16(14-31)5-7-23(26)29)11-17-10-18(32)12-21(27)24(17)33/h10,12-14,19-20,22-23,33H,4-9,11H2,1-3H3/b15-13-,16-14-/t19-,20-,22+,23+,26+/m1/s1. The summed E-state index contributed by atoms with van der Waals surface area (Å²) in [5.41, 5.74) is 4.59. The number of phenols is 1. The van der Waals surface area contributed by atoms with Gasteiger partial charge in [-0.3, -0.25) is 0 Å². The predicted octanol–water partition coefficient (Wildman–Crippen LogP) is 11.1. The van der Waals surface area contributed by atoms with Crippen LogP contribution in [-0.4, -0.2) is 14.8 Å². The van der Waals surface area contributed by atoms with E-state index in [9.17, 15) is 5.11 Å². The van der Waals surface area contributed by atoms with Gasteiger partial charge in [0.2, 0.25) is 0 Å². The highest BCUT2D eigenvalue weighted by Gasteiger charge is 2.47. The molecular formula is C26H32Br3I3O. The molecule has 33 heavy (non-hydrogen) atoms. The molecule has 0 radical (unpaired) electrons. The van der Waals surface area contributed by atoms with Crippen LogP contribution in [0.2, 0.25) is 0 Å². The molecule has 3 rings (SSSR count). The summed E-state index contributed by atoms with van der Waals surface area (Å²) in [6.45, 7) is 7.38. The maximum absolute atomic E-state index is 10.8. The summed E-state index contributed by atoms with van der Waals surface area (Å²) >= 11 is 18.9. The lowest BCUT2D eigenvalue weighted by molar-refractivity contribution is 0.118. The largest absolute Gasteiger partial charge is 0.506 e. The van der Waals surface area contributed by atoms with Crippen molar-refractivity contribution in [3.05, 3.63) is 45.1 Å². The molecule has 2 aliphatic rings. The molecule has 5 atom stereocenters. The Kier molecular flexibility index (Phi) is 11.1. The van der Waals surface area contributed by atoms with Crippen molar-refractivity contribution in [2.24, 2.45) is 22.7 Å². The molecule has 2 aliphatic carbocycles. The third-order valence-corrected chi connectivity index (χ3v) is 14.2. The molecule has 1 aromatic rings. The van der Waals surface area contributed by atoms with Gasteiger partial charge >= 0.3 is 0 Å². The quantitative estimate of drug-likeness (QED) is 0.230. The summed E-state index contributed by atoms with van der Waals surface area (Å²) in [7, 11) is 0. The van der Waals surface area contributed by atoms with Gasteiger partial charge in [-0.2, -0.15) is 0 Å². The van der Waals surface area contributed by atoms with Gasteiger partial charge in [-0.15, -0.1) is 0 Å². The summed E-state index contributed by atoms with van der Waals surface area (Å²) < 4.78 is 6.62. The number of hydrogen-bond acceptors (Lipinski definition) is 1. The van der Waals surface area contributed by atoms with Crippen molar-refractivity contribution in [2.75, 3.05) is 0 Å². The smallest absolute Gasteiger partial charge is 0.133 e. The van der Waals surface area contributed by atoms with Crippen molar-refractivity contribution in [1.29, 1.82) is 0 Å². The van der Waals surface area contributed by atoms with Crippen LogP contribution in [0.4, 0.5) is 0 Å². The summed E-state index contributed by atoms with van der Waals surface area (Å²) in [5.74, 6) is 1.40. The molecule has 7 heteroatoms. The van der Waals surface area contributed by atoms with Crippen LogP contribution >= 0.6 is 116 Å². The first-order chi connectivity index (χ1) is 15.4. The van der Waals surface area contributed by atoms with Crippen molar-refractivity contribution in [1.82, 2.24) is 0 Å². The lowest BCUT2D eigenvalue weighted by Gasteiger charge is -2.50. The first-order valence-corrected chi connectivity index (χ1v) is 17.7. The molecule has 1 aromatic carbocycles. The Bertz CT molecular complexity index is 930. The van der Waals surface area contributed by atoms with E-state index >= 15 is 0 Å². The second kappa shape index (κ2) is 12.3. The van der Waals surface area contributed by atoms with Gasteiger partial charge in [-0.25, -0.2) is 0 Å². The molecule has 2 fully saturated rings. The summed E-state index contributed by atoms with van der Waals surface area (Å²) in [6, 6.07) is 4.14. The van der Waals surface area contributed by atoms with Gasteiger partial charge in [0.25, 0.3) is 0 Å². The Morgan fingerprint density at radius 3 is 2.18 bits per heavy atom. The molecule has 0 unspecified atom stereocenters. The molecule has 0 aliphatic heterocycles. The number of allylic oxidation sites excluding steroid dienone is 2. The third kappa shape index (κ3) is 6.41. The Labute approximate surface area is 266 Å². The van der Waals surface area contributed by atoms with Gasteiger partial charge in [0.1, 0.15) is 5.75 Å². The number of benzene rings is 1. The second-order valence-corrected chi connectivity index (χ2v) is 16.0. The van der Waals surface area contributed by atoms with Crippen LogP contribution in [0.25, 0.3) is 0 Å². The van der Waals surface area contributed by atoms with Crippen molar-refractivity contribution in [3.8, 4) is 5.75 Å². The van der Waals surface area contributed by atoms with E-state index in [2.05, 4.69) is 151 Å². The van der Waals surface area contributed by atoms with E-state index < -0.39 is 0 Å². The van der Waals surface area contributed by atoms with Gasteiger partial charge in [-0.1, -0.05) is 109 Å². The SMILES string of the molecule is CC1(C)[C@H](CC[C@@]2(C)[C@H](Cc3cc(I)cc(Br)c3O)/C(=C\I)CC[C@@H]2Br)/C(=C\I)CC[C@@H]1Br. The van der Waals surface area contributed by atoms with Crippen LogP contribution in [-0.2, 0) is 6.42 Å². The predicted molar refractivity (Wildman–Crippen MR) is 178 cm³/mol. The molecule has 0 spiro atoms. The molecule has 184 valence electrons. The van der Waals surface area contributed by atoms with Crippen molar-refractivity contribution < 1.29 is 5.11 Å². The van der Waals surface area contributed by atoms with Crippen LogP contribution < -0.4 is 0 Å². The lowest BCUT2D eigenvalue weighted by atomic mass is 9.58. The fourth-order valence-corrected chi connectivity index (χ4v) is 10.4. The zero-order valence-corrected chi connectivity index (χ0v) is 30.5. The van der Waals surface area contributed by atoms with Crippen LogP contribution in [0.3, 0.4) is 0 Å². The molecule has 1 N–H and O–H groups in total. The first-order valence-electron chi connectivity index (χ1n) is 11.5. The van der Waals surface area contributed by atoms with E-state index in [1.54, 1.807) is 5.57 Å². The summed E-state index contributed by atoms with van der Waals surface area (Å²) in [4.78, 5) is 1.04. The number of alkyl halides is 2. The summed E-state index contributed by atoms with van der Waals surface area (Å²) in [5, 5.41) is 10.8. The lowest BCUT2D eigenvalue weighted by Crippen LogP contribution is -2.44. The highest BCUT2D eigenvalue weighted by molar-refractivity contribution is 14.1. The number of halogens is 6. The monoisotopic (exact) mass is 978 g/mol. The van der Waals surface area contributed by atoms with Crippen LogP contribution in [0.15, 0.2) is 35.9 Å². The number of phenolic OH excluding ortho intramolecular Hbond substituents is 1. The maximum Gasteiger partial charge on any atom is 0.133 e.